The van der Waals surface area contributed by atoms with Crippen LogP contribution in [0.2, 0.25) is 0 Å². The number of carbonyl (C=O) groups is 2. The van der Waals surface area contributed by atoms with Crippen molar-refractivity contribution < 1.29 is 9.59 Å². The molecule has 0 saturated heterocycles. The average molecular weight is 437 g/mol. The van der Waals surface area contributed by atoms with Gasteiger partial charge in [-0.3, -0.25) is 9.59 Å². The molecule has 1 amide bonds. The van der Waals surface area contributed by atoms with Crippen molar-refractivity contribution >= 4 is 34.3 Å². The Balaban J connectivity index is 1.32. The molecule has 0 spiro atoms. The fraction of sp³-hybridized carbons (Fsp3) is 0.600. The minimum atomic E-state index is 0.0533. The van der Waals surface area contributed by atoms with Crippen LogP contribution in [0.25, 0.3) is 0 Å². The first-order chi connectivity index (χ1) is 11.5. The molecular formula is C20H24INO2. The van der Waals surface area contributed by atoms with Crippen molar-refractivity contribution in [2.45, 2.75) is 56.9 Å². The summed E-state index contributed by atoms with van der Waals surface area (Å²) in [5.41, 5.74) is 0.760. The van der Waals surface area contributed by atoms with Gasteiger partial charge in [0, 0.05) is 27.5 Å². The van der Waals surface area contributed by atoms with Gasteiger partial charge in [-0.1, -0.05) is 12.1 Å². The Kier molecular flexibility index (Phi) is 4.43. The van der Waals surface area contributed by atoms with Gasteiger partial charge < -0.3 is 5.32 Å². The number of ketones is 1. The summed E-state index contributed by atoms with van der Waals surface area (Å²) in [5.74, 6) is 2.60. The maximum atomic E-state index is 12.5. The molecule has 4 aliphatic rings. The molecular weight excluding hydrogens is 413 g/mol. The normalized spacial score (nSPS) is 33.5. The predicted octanol–water partition coefficient (Wildman–Crippen LogP) is 4.34. The lowest BCUT2D eigenvalue weighted by molar-refractivity contribution is -0.126. The lowest BCUT2D eigenvalue weighted by atomic mass is 9.53. The average Bonchev–Trinajstić information content (AvgIpc) is 2.51. The minimum Gasteiger partial charge on any atom is -0.351 e. The zero-order valence-electron chi connectivity index (χ0n) is 13.9. The van der Waals surface area contributed by atoms with Gasteiger partial charge in [0.05, 0.1) is 0 Å². The predicted molar refractivity (Wildman–Crippen MR) is 102 cm³/mol. The maximum Gasteiger partial charge on any atom is 0.220 e. The Hall–Kier alpha value is -0.910. The van der Waals surface area contributed by atoms with Gasteiger partial charge in [-0.15, -0.1) is 0 Å². The van der Waals surface area contributed by atoms with Crippen molar-refractivity contribution in [1.29, 1.82) is 0 Å². The van der Waals surface area contributed by atoms with Crippen molar-refractivity contribution in [3.8, 4) is 0 Å². The molecule has 0 heterocycles. The number of Topliss-reactive ketones (excluding diaryl/α,β-unsaturated/α-hetero) is 1. The van der Waals surface area contributed by atoms with Gasteiger partial charge in [0.1, 0.15) is 0 Å². The molecule has 4 bridgehead atoms. The van der Waals surface area contributed by atoms with Crippen LogP contribution in [0, 0.1) is 21.3 Å². The standard InChI is InChI=1S/C20H24INO2/c21-17-3-1-16(2-4-17)18(23)5-6-19(24)22-20-10-13-7-14(11-20)9-15(8-13)12-20/h1-4,13-15H,5-12H2,(H,22,24). The molecule has 4 saturated carbocycles. The maximum absolute atomic E-state index is 12.5. The highest BCUT2D eigenvalue weighted by atomic mass is 127. The van der Waals surface area contributed by atoms with E-state index in [0.29, 0.717) is 18.4 Å². The fourth-order valence-electron chi connectivity index (χ4n) is 5.63. The van der Waals surface area contributed by atoms with E-state index in [1.54, 1.807) is 0 Å². The van der Waals surface area contributed by atoms with Crippen LogP contribution in [-0.2, 0) is 4.79 Å². The van der Waals surface area contributed by atoms with Crippen LogP contribution in [0.15, 0.2) is 24.3 Å². The van der Waals surface area contributed by atoms with Crippen LogP contribution in [0.4, 0.5) is 0 Å². The first-order valence-electron chi connectivity index (χ1n) is 9.11. The first kappa shape index (κ1) is 16.6. The highest BCUT2D eigenvalue weighted by Crippen LogP contribution is 2.55. The Morgan fingerprint density at radius 2 is 1.50 bits per heavy atom. The van der Waals surface area contributed by atoms with Gasteiger partial charge >= 0.3 is 0 Å². The summed E-state index contributed by atoms with van der Waals surface area (Å²) >= 11 is 2.23. The van der Waals surface area contributed by atoms with Gasteiger partial charge in [-0.05, 0) is 91.0 Å². The van der Waals surface area contributed by atoms with E-state index in [9.17, 15) is 9.59 Å². The van der Waals surface area contributed by atoms with E-state index in [1.165, 1.54) is 19.3 Å². The first-order valence-corrected chi connectivity index (χ1v) is 10.2. The highest BCUT2D eigenvalue weighted by molar-refractivity contribution is 14.1. The lowest BCUT2D eigenvalue weighted by Gasteiger charge is -2.56. The molecule has 0 aliphatic heterocycles. The Labute approximate surface area is 157 Å². The highest BCUT2D eigenvalue weighted by Gasteiger charge is 2.51. The van der Waals surface area contributed by atoms with Gasteiger partial charge in [-0.2, -0.15) is 0 Å². The molecule has 4 aliphatic carbocycles. The molecule has 128 valence electrons. The van der Waals surface area contributed by atoms with E-state index in [1.807, 2.05) is 24.3 Å². The number of hydrogen-bond donors (Lipinski definition) is 1. The Morgan fingerprint density at radius 1 is 0.958 bits per heavy atom. The smallest absolute Gasteiger partial charge is 0.220 e. The molecule has 0 radical (unpaired) electrons. The topological polar surface area (TPSA) is 46.2 Å². The number of amides is 1. The number of benzene rings is 1. The van der Waals surface area contributed by atoms with E-state index in [0.717, 1.165) is 40.6 Å². The molecule has 0 aromatic heterocycles. The third-order valence-electron chi connectivity index (χ3n) is 6.19. The summed E-state index contributed by atoms with van der Waals surface area (Å²) in [6.07, 6.45) is 8.23. The zero-order valence-corrected chi connectivity index (χ0v) is 16.1. The second-order valence-corrected chi connectivity index (χ2v) is 9.42. The third-order valence-corrected chi connectivity index (χ3v) is 6.91. The SMILES string of the molecule is O=C(CCC(=O)c1ccc(I)cc1)NC12CC3CC(CC(C3)C1)C2. The number of halogens is 1. The lowest BCUT2D eigenvalue weighted by Crippen LogP contribution is -2.59. The molecule has 24 heavy (non-hydrogen) atoms. The van der Waals surface area contributed by atoms with E-state index in [-0.39, 0.29) is 17.2 Å². The molecule has 4 heteroatoms. The Bertz CT molecular complexity index is 617. The van der Waals surface area contributed by atoms with Gasteiger partial charge in [0.15, 0.2) is 5.78 Å². The number of nitrogens with one attached hydrogen (secondary N) is 1. The van der Waals surface area contributed by atoms with Crippen molar-refractivity contribution in [2.24, 2.45) is 17.8 Å². The van der Waals surface area contributed by atoms with E-state index < -0.39 is 0 Å². The summed E-state index contributed by atoms with van der Waals surface area (Å²) in [6.45, 7) is 0. The van der Waals surface area contributed by atoms with Crippen LogP contribution in [0.5, 0.6) is 0 Å². The van der Waals surface area contributed by atoms with Crippen molar-refractivity contribution in [2.75, 3.05) is 0 Å². The summed E-state index contributed by atoms with van der Waals surface area (Å²) in [4.78, 5) is 24.7. The summed E-state index contributed by atoms with van der Waals surface area (Å²) in [7, 11) is 0. The molecule has 0 unspecified atom stereocenters. The summed E-state index contributed by atoms with van der Waals surface area (Å²) < 4.78 is 1.11. The molecule has 1 aromatic carbocycles. The summed E-state index contributed by atoms with van der Waals surface area (Å²) in [6, 6.07) is 7.56. The van der Waals surface area contributed by atoms with Crippen molar-refractivity contribution in [3.63, 3.8) is 0 Å². The van der Waals surface area contributed by atoms with E-state index in [4.69, 9.17) is 0 Å². The van der Waals surface area contributed by atoms with Crippen LogP contribution >= 0.6 is 22.6 Å². The van der Waals surface area contributed by atoms with E-state index in [2.05, 4.69) is 27.9 Å². The quantitative estimate of drug-likeness (QED) is 0.551. The van der Waals surface area contributed by atoms with Crippen LogP contribution < -0.4 is 5.32 Å². The molecule has 1 aromatic rings. The molecule has 3 nitrogen and oxygen atoms in total. The van der Waals surface area contributed by atoms with Crippen molar-refractivity contribution in [1.82, 2.24) is 5.32 Å². The second kappa shape index (κ2) is 6.43. The molecule has 4 fully saturated rings. The monoisotopic (exact) mass is 437 g/mol. The minimum absolute atomic E-state index is 0.0533. The second-order valence-electron chi connectivity index (χ2n) is 8.18. The Morgan fingerprint density at radius 3 is 2.04 bits per heavy atom. The van der Waals surface area contributed by atoms with Crippen LogP contribution in [0.1, 0.15) is 61.7 Å². The molecule has 1 N–H and O–H groups in total. The van der Waals surface area contributed by atoms with Gasteiger partial charge in [0.2, 0.25) is 5.91 Å². The van der Waals surface area contributed by atoms with E-state index >= 15 is 0 Å². The third kappa shape index (κ3) is 3.39. The van der Waals surface area contributed by atoms with Crippen LogP contribution in [-0.4, -0.2) is 17.2 Å². The molecule has 5 rings (SSSR count). The zero-order chi connectivity index (χ0) is 16.7. The summed E-state index contributed by atoms with van der Waals surface area (Å²) in [5, 5.41) is 3.35. The number of hydrogen-bond acceptors (Lipinski definition) is 2. The van der Waals surface area contributed by atoms with Gasteiger partial charge in [0.25, 0.3) is 0 Å². The number of rotatable bonds is 5. The fourth-order valence-corrected chi connectivity index (χ4v) is 5.99. The largest absolute Gasteiger partial charge is 0.351 e. The molecule has 0 atom stereocenters. The van der Waals surface area contributed by atoms with Crippen molar-refractivity contribution in [3.05, 3.63) is 33.4 Å². The number of carbonyl (C=O) groups excluding carboxylic acids is 2. The van der Waals surface area contributed by atoms with Crippen LogP contribution in [0.3, 0.4) is 0 Å². The van der Waals surface area contributed by atoms with Gasteiger partial charge in [-0.25, -0.2) is 0 Å².